The number of fused-ring (bicyclic) bond motifs is 1. The van der Waals surface area contributed by atoms with Gasteiger partial charge in [0.05, 0.1) is 18.7 Å². The Morgan fingerprint density at radius 3 is 2.48 bits per heavy atom. The van der Waals surface area contributed by atoms with Crippen LogP contribution in [0.5, 0.6) is 5.75 Å². The van der Waals surface area contributed by atoms with E-state index >= 15 is 0 Å². The summed E-state index contributed by atoms with van der Waals surface area (Å²) in [5.41, 5.74) is 1.13. The number of Topliss-reactive ketones (excluding diaryl/α,β-unsaturated/α-hetero) is 1. The number of hydrogen-bond donors (Lipinski definition) is 0. The summed E-state index contributed by atoms with van der Waals surface area (Å²) in [6.07, 6.45) is 8.36. The summed E-state index contributed by atoms with van der Waals surface area (Å²) < 4.78 is 10.4. The molecule has 0 saturated carbocycles. The lowest BCUT2D eigenvalue weighted by atomic mass is 10.0. The van der Waals surface area contributed by atoms with Crippen LogP contribution in [0.3, 0.4) is 0 Å². The van der Waals surface area contributed by atoms with Gasteiger partial charge in [0.1, 0.15) is 5.75 Å². The molecule has 0 N–H and O–H groups in total. The molecule has 0 atom stereocenters. The predicted molar refractivity (Wildman–Crippen MR) is 112 cm³/mol. The number of ketones is 1. The van der Waals surface area contributed by atoms with Crippen molar-refractivity contribution in [3.63, 3.8) is 0 Å². The van der Waals surface area contributed by atoms with Crippen LogP contribution in [0.1, 0.15) is 82.0 Å². The van der Waals surface area contributed by atoms with Crippen molar-refractivity contribution in [3.05, 3.63) is 23.8 Å². The first-order valence-corrected chi connectivity index (χ1v) is 10.8. The highest BCUT2D eigenvalue weighted by atomic mass is 16.5. The van der Waals surface area contributed by atoms with Gasteiger partial charge in [0.25, 0.3) is 5.91 Å². The minimum Gasteiger partial charge on any atom is -0.482 e. The van der Waals surface area contributed by atoms with E-state index in [0.29, 0.717) is 30.2 Å². The van der Waals surface area contributed by atoms with Crippen LogP contribution in [0.2, 0.25) is 0 Å². The standard InChI is InChI=1S/C23H33NO5/c1-3-5-6-7-8-9-10-15-24-19-16-18(11-13-21(19)29-17-22(24)26)20(25)12-14-23(27)28-4-2/h11,13,16H,3-10,12,14-15,17H2,1-2H3. The fraction of sp³-hybridized carbons (Fsp3) is 0.609. The quantitative estimate of drug-likeness (QED) is 0.271. The lowest BCUT2D eigenvalue weighted by molar-refractivity contribution is -0.143. The van der Waals surface area contributed by atoms with Gasteiger partial charge in [-0.05, 0) is 31.5 Å². The summed E-state index contributed by atoms with van der Waals surface area (Å²) in [4.78, 5) is 38.1. The summed E-state index contributed by atoms with van der Waals surface area (Å²) >= 11 is 0. The number of esters is 1. The van der Waals surface area contributed by atoms with Gasteiger partial charge in [-0.3, -0.25) is 14.4 Å². The maximum atomic E-state index is 12.5. The molecule has 0 unspecified atom stereocenters. The van der Waals surface area contributed by atoms with E-state index in [2.05, 4.69) is 6.92 Å². The number of anilines is 1. The molecule has 6 heteroatoms. The fourth-order valence-electron chi connectivity index (χ4n) is 3.44. The molecule has 1 amide bonds. The minimum absolute atomic E-state index is 0.0274. The van der Waals surface area contributed by atoms with Crippen LogP contribution >= 0.6 is 0 Å². The second kappa shape index (κ2) is 12.2. The molecule has 29 heavy (non-hydrogen) atoms. The normalized spacial score (nSPS) is 13.0. The molecule has 160 valence electrons. The average molecular weight is 404 g/mol. The van der Waals surface area contributed by atoms with Gasteiger partial charge in [-0.2, -0.15) is 0 Å². The van der Waals surface area contributed by atoms with Crippen molar-refractivity contribution in [2.75, 3.05) is 24.7 Å². The van der Waals surface area contributed by atoms with Crippen molar-refractivity contribution >= 4 is 23.3 Å². The van der Waals surface area contributed by atoms with Crippen LogP contribution < -0.4 is 9.64 Å². The molecule has 0 fully saturated rings. The summed E-state index contributed by atoms with van der Waals surface area (Å²) in [7, 11) is 0. The zero-order valence-corrected chi connectivity index (χ0v) is 17.7. The lowest BCUT2D eigenvalue weighted by Gasteiger charge is -2.29. The average Bonchev–Trinajstić information content (AvgIpc) is 2.72. The molecule has 0 aliphatic carbocycles. The van der Waals surface area contributed by atoms with Crippen molar-refractivity contribution in [3.8, 4) is 5.75 Å². The molecule has 0 saturated heterocycles. The Labute approximate surface area is 173 Å². The molecular formula is C23H33NO5. The Kier molecular flexibility index (Phi) is 9.68. The molecule has 2 rings (SSSR count). The van der Waals surface area contributed by atoms with Gasteiger partial charge < -0.3 is 14.4 Å². The highest BCUT2D eigenvalue weighted by Crippen LogP contribution is 2.33. The Hall–Kier alpha value is -2.37. The predicted octanol–water partition coefficient (Wildman–Crippen LogP) is 4.69. The van der Waals surface area contributed by atoms with Crippen LogP contribution in [-0.4, -0.2) is 37.4 Å². The van der Waals surface area contributed by atoms with Crippen LogP contribution in [0.25, 0.3) is 0 Å². The van der Waals surface area contributed by atoms with E-state index in [1.54, 1.807) is 30.0 Å². The number of carbonyl (C=O) groups excluding carboxylic acids is 3. The Morgan fingerprint density at radius 2 is 1.76 bits per heavy atom. The third kappa shape index (κ3) is 7.18. The number of amides is 1. The van der Waals surface area contributed by atoms with Crippen LogP contribution in [0, 0.1) is 0 Å². The smallest absolute Gasteiger partial charge is 0.306 e. The molecule has 1 aliphatic heterocycles. The molecule has 0 radical (unpaired) electrons. The van der Waals surface area contributed by atoms with Crippen molar-refractivity contribution < 1.29 is 23.9 Å². The van der Waals surface area contributed by atoms with E-state index in [1.165, 1.54) is 32.1 Å². The topological polar surface area (TPSA) is 72.9 Å². The van der Waals surface area contributed by atoms with Crippen LogP contribution in [0.4, 0.5) is 5.69 Å². The van der Waals surface area contributed by atoms with Crippen molar-refractivity contribution in [2.24, 2.45) is 0 Å². The Morgan fingerprint density at radius 1 is 1.03 bits per heavy atom. The Bertz CT molecular complexity index is 701. The fourth-order valence-corrected chi connectivity index (χ4v) is 3.44. The minimum atomic E-state index is -0.377. The molecule has 1 aromatic carbocycles. The van der Waals surface area contributed by atoms with Crippen molar-refractivity contribution in [1.29, 1.82) is 0 Å². The zero-order valence-electron chi connectivity index (χ0n) is 17.7. The van der Waals surface area contributed by atoms with Gasteiger partial charge in [-0.15, -0.1) is 0 Å². The molecule has 0 aromatic heterocycles. The maximum absolute atomic E-state index is 12.5. The van der Waals surface area contributed by atoms with E-state index in [4.69, 9.17) is 9.47 Å². The van der Waals surface area contributed by atoms with E-state index < -0.39 is 0 Å². The summed E-state index contributed by atoms with van der Waals surface area (Å²) in [6.45, 7) is 4.90. The van der Waals surface area contributed by atoms with Crippen LogP contribution in [0.15, 0.2) is 18.2 Å². The number of ether oxygens (including phenoxy) is 2. The first-order chi connectivity index (χ1) is 14.1. The van der Waals surface area contributed by atoms with Gasteiger partial charge in [0, 0.05) is 18.5 Å². The van der Waals surface area contributed by atoms with E-state index in [0.717, 1.165) is 12.8 Å². The summed E-state index contributed by atoms with van der Waals surface area (Å²) in [5.74, 6) is 0.0155. The number of rotatable bonds is 13. The van der Waals surface area contributed by atoms with Gasteiger partial charge in [-0.1, -0.05) is 45.4 Å². The van der Waals surface area contributed by atoms with Crippen molar-refractivity contribution in [2.45, 2.75) is 71.6 Å². The number of nitrogens with zero attached hydrogens (tertiary/aromatic N) is 1. The lowest BCUT2D eigenvalue weighted by Crippen LogP contribution is -2.39. The number of hydrogen-bond acceptors (Lipinski definition) is 5. The third-order valence-corrected chi connectivity index (χ3v) is 5.07. The second-order valence-electron chi connectivity index (χ2n) is 7.37. The molecule has 0 spiro atoms. The SMILES string of the molecule is CCCCCCCCCN1C(=O)COc2ccc(C(=O)CCC(=O)OCC)cc21. The molecule has 1 aliphatic rings. The van der Waals surface area contributed by atoms with Gasteiger partial charge in [-0.25, -0.2) is 0 Å². The first kappa shape index (κ1) is 22.9. The highest BCUT2D eigenvalue weighted by Gasteiger charge is 2.26. The number of benzene rings is 1. The molecular weight excluding hydrogens is 370 g/mol. The van der Waals surface area contributed by atoms with Crippen molar-refractivity contribution in [1.82, 2.24) is 0 Å². The van der Waals surface area contributed by atoms with E-state index in [-0.39, 0.29) is 37.1 Å². The third-order valence-electron chi connectivity index (χ3n) is 5.07. The molecule has 1 heterocycles. The first-order valence-electron chi connectivity index (χ1n) is 10.8. The monoisotopic (exact) mass is 403 g/mol. The van der Waals surface area contributed by atoms with Gasteiger partial charge in [0.2, 0.25) is 0 Å². The van der Waals surface area contributed by atoms with Gasteiger partial charge in [0.15, 0.2) is 12.4 Å². The maximum Gasteiger partial charge on any atom is 0.306 e. The summed E-state index contributed by atoms with van der Waals surface area (Å²) in [5, 5.41) is 0. The van der Waals surface area contributed by atoms with E-state index in [9.17, 15) is 14.4 Å². The molecule has 6 nitrogen and oxygen atoms in total. The number of unbranched alkanes of at least 4 members (excludes halogenated alkanes) is 6. The second-order valence-corrected chi connectivity index (χ2v) is 7.37. The molecule has 1 aromatic rings. The molecule has 0 bridgehead atoms. The van der Waals surface area contributed by atoms with Gasteiger partial charge >= 0.3 is 5.97 Å². The van der Waals surface area contributed by atoms with Crippen LogP contribution in [-0.2, 0) is 14.3 Å². The largest absolute Gasteiger partial charge is 0.482 e. The highest BCUT2D eigenvalue weighted by molar-refractivity contribution is 6.02. The number of carbonyl (C=O) groups is 3. The zero-order chi connectivity index (χ0) is 21.1. The van der Waals surface area contributed by atoms with E-state index in [1.807, 2.05) is 0 Å². The summed E-state index contributed by atoms with van der Waals surface area (Å²) in [6, 6.07) is 5.13. The Balaban J connectivity index is 1.95.